The molecular formula is C31H30FN3O4S. The molecule has 5 rings (SSSR count). The second-order valence-electron chi connectivity index (χ2n) is 9.58. The largest absolute Gasteiger partial charge is 0.457 e. The van der Waals surface area contributed by atoms with Crippen LogP contribution < -0.4 is 13.9 Å². The molecule has 4 aromatic rings. The second-order valence-corrected chi connectivity index (χ2v) is 11.4. The Hall–Kier alpha value is -4.37. The highest BCUT2D eigenvalue weighted by Gasteiger charge is 2.30. The van der Waals surface area contributed by atoms with Crippen LogP contribution in [0.15, 0.2) is 108 Å². The van der Waals surface area contributed by atoms with Crippen LogP contribution in [0.4, 0.5) is 15.8 Å². The van der Waals surface area contributed by atoms with Crippen molar-refractivity contribution in [2.24, 2.45) is 0 Å². The van der Waals surface area contributed by atoms with Crippen molar-refractivity contribution in [1.29, 1.82) is 0 Å². The Bertz CT molecular complexity index is 1540. The third-order valence-electron chi connectivity index (χ3n) is 6.82. The van der Waals surface area contributed by atoms with E-state index in [1.54, 1.807) is 65.6 Å². The van der Waals surface area contributed by atoms with Crippen LogP contribution in [0.2, 0.25) is 0 Å². The second kappa shape index (κ2) is 11.8. The first-order valence-electron chi connectivity index (χ1n) is 13.0. The smallest absolute Gasteiger partial charge is 0.264 e. The van der Waals surface area contributed by atoms with Crippen molar-refractivity contribution in [2.45, 2.75) is 11.8 Å². The van der Waals surface area contributed by atoms with Gasteiger partial charge in [0.1, 0.15) is 23.9 Å². The van der Waals surface area contributed by atoms with Gasteiger partial charge >= 0.3 is 0 Å². The number of hydrogen-bond donors (Lipinski definition) is 0. The summed E-state index contributed by atoms with van der Waals surface area (Å²) in [6.45, 7) is 3.53. The number of piperazine rings is 1. The molecule has 40 heavy (non-hydrogen) atoms. The molecule has 206 valence electrons. The first kappa shape index (κ1) is 27.2. The Kier molecular flexibility index (Phi) is 8.02. The van der Waals surface area contributed by atoms with Crippen LogP contribution in [-0.2, 0) is 14.8 Å². The van der Waals surface area contributed by atoms with Crippen molar-refractivity contribution in [2.75, 3.05) is 41.9 Å². The standard InChI is InChI=1S/C31H30FN3O4S/c1-24-7-17-30(18-8-24)40(37,38)35(27-13-15-29(16-14-27)39-28-5-3-2-4-6-28)23-31(36)34-21-19-33(20-22-34)26-11-9-25(32)10-12-26/h2-18H,19-23H2,1H3. The Morgan fingerprint density at radius 1 is 0.800 bits per heavy atom. The number of hydrogen-bond acceptors (Lipinski definition) is 5. The number of aryl methyl sites for hydroxylation is 1. The molecule has 0 saturated carbocycles. The highest BCUT2D eigenvalue weighted by atomic mass is 32.2. The molecule has 1 aliphatic rings. The minimum atomic E-state index is -4.04. The molecule has 9 heteroatoms. The van der Waals surface area contributed by atoms with E-state index < -0.39 is 10.0 Å². The molecule has 1 amide bonds. The zero-order valence-corrected chi connectivity index (χ0v) is 22.9. The number of amides is 1. The van der Waals surface area contributed by atoms with Crippen LogP contribution in [0.5, 0.6) is 11.5 Å². The maximum atomic E-state index is 13.8. The number of carbonyl (C=O) groups excluding carboxylic acids is 1. The minimum absolute atomic E-state index is 0.108. The van der Waals surface area contributed by atoms with Crippen LogP contribution in [0.3, 0.4) is 0 Å². The number of carbonyl (C=O) groups is 1. The quantitative estimate of drug-likeness (QED) is 0.286. The third kappa shape index (κ3) is 6.26. The average Bonchev–Trinajstić information content (AvgIpc) is 2.97. The molecule has 0 aliphatic carbocycles. The van der Waals surface area contributed by atoms with Gasteiger partial charge in [0.15, 0.2) is 0 Å². The normalized spacial score (nSPS) is 13.7. The van der Waals surface area contributed by atoms with E-state index in [9.17, 15) is 17.6 Å². The summed E-state index contributed by atoms with van der Waals surface area (Å²) in [6.07, 6.45) is 0. The average molecular weight is 560 g/mol. The molecule has 0 radical (unpaired) electrons. The van der Waals surface area contributed by atoms with Gasteiger partial charge in [-0.05, 0) is 79.7 Å². The fourth-order valence-corrected chi connectivity index (χ4v) is 5.96. The van der Waals surface area contributed by atoms with Crippen LogP contribution in [0.25, 0.3) is 0 Å². The van der Waals surface area contributed by atoms with E-state index in [-0.39, 0.29) is 23.2 Å². The van der Waals surface area contributed by atoms with Crippen molar-refractivity contribution in [3.8, 4) is 11.5 Å². The van der Waals surface area contributed by atoms with Gasteiger partial charge in [0, 0.05) is 31.9 Å². The number of anilines is 2. The van der Waals surface area contributed by atoms with E-state index in [1.807, 2.05) is 37.3 Å². The summed E-state index contributed by atoms with van der Waals surface area (Å²) in [6, 6.07) is 28.8. The number of sulfonamides is 1. The minimum Gasteiger partial charge on any atom is -0.457 e. The number of ether oxygens (including phenoxy) is 1. The summed E-state index contributed by atoms with van der Waals surface area (Å²) < 4.78 is 47.9. The summed E-state index contributed by atoms with van der Waals surface area (Å²) in [5, 5.41) is 0. The van der Waals surface area contributed by atoms with Gasteiger partial charge in [-0.3, -0.25) is 9.10 Å². The zero-order valence-electron chi connectivity index (χ0n) is 22.1. The third-order valence-corrected chi connectivity index (χ3v) is 8.60. The van der Waals surface area contributed by atoms with E-state index in [2.05, 4.69) is 4.90 Å². The predicted molar refractivity (Wildman–Crippen MR) is 154 cm³/mol. The first-order chi connectivity index (χ1) is 19.3. The lowest BCUT2D eigenvalue weighted by atomic mass is 10.2. The van der Waals surface area contributed by atoms with Gasteiger partial charge in [-0.1, -0.05) is 35.9 Å². The Morgan fingerprint density at radius 2 is 1.40 bits per heavy atom. The van der Waals surface area contributed by atoms with Gasteiger partial charge in [-0.2, -0.15) is 0 Å². The molecule has 0 N–H and O–H groups in total. The number of rotatable bonds is 8. The van der Waals surface area contributed by atoms with Gasteiger partial charge in [0.05, 0.1) is 10.6 Å². The molecule has 1 aliphatic heterocycles. The highest BCUT2D eigenvalue weighted by Crippen LogP contribution is 2.28. The number of halogens is 1. The Morgan fingerprint density at radius 3 is 2.02 bits per heavy atom. The van der Waals surface area contributed by atoms with E-state index in [4.69, 9.17) is 4.74 Å². The zero-order chi connectivity index (χ0) is 28.1. The molecule has 7 nitrogen and oxygen atoms in total. The molecule has 0 aromatic heterocycles. The molecule has 1 fully saturated rings. The number of nitrogens with zero attached hydrogens (tertiary/aromatic N) is 3. The van der Waals surface area contributed by atoms with Crippen molar-refractivity contribution in [1.82, 2.24) is 4.90 Å². The summed E-state index contributed by atoms with van der Waals surface area (Å²) in [5.74, 6) is 0.617. The first-order valence-corrected chi connectivity index (χ1v) is 14.4. The predicted octanol–water partition coefficient (Wildman–Crippen LogP) is 5.47. The fourth-order valence-electron chi connectivity index (χ4n) is 4.55. The molecule has 0 spiro atoms. The lowest BCUT2D eigenvalue weighted by Gasteiger charge is -2.37. The maximum absolute atomic E-state index is 13.8. The Labute approximate surface area is 234 Å². The van der Waals surface area contributed by atoms with E-state index in [1.165, 1.54) is 12.1 Å². The molecule has 0 atom stereocenters. The van der Waals surface area contributed by atoms with E-state index >= 15 is 0 Å². The summed E-state index contributed by atoms with van der Waals surface area (Å²) in [4.78, 5) is 17.3. The van der Waals surface area contributed by atoms with Crippen molar-refractivity contribution >= 4 is 27.3 Å². The maximum Gasteiger partial charge on any atom is 0.264 e. The summed E-state index contributed by atoms with van der Waals surface area (Å²) in [7, 11) is -4.04. The summed E-state index contributed by atoms with van der Waals surface area (Å²) in [5.41, 5.74) is 2.18. The molecule has 0 unspecified atom stereocenters. The monoisotopic (exact) mass is 559 g/mol. The number of para-hydroxylation sites is 1. The molecular weight excluding hydrogens is 529 g/mol. The van der Waals surface area contributed by atoms with Gasteiger partial charge in [-0.15, -0.1) is 0 Å². The lowest BCUT2D eigenvalue weighted by molar-refractivity contribution is -0.129. The van der Waals surface area contributed by atoms with Crippen molar-refractivity contribution < 1.29 is 22.3 Å². The number of benzene rings is 4. The van der Waals surface area contributed by atoms with E-state index in [0.717, 1.165) is 15.6 Å². The molecule has 4 aromatic carbocycles. The van der Waals surface area contributed by atoms with Crippen LogP contribution in [-0.4, -0.2) is 51.9 Å². The van der Waals surface area contributed by atoms with Gasteiger partial charge in [-0.25, -0.2) is 12.8 Å². The lowest BCUT2D eigenvalue weighted by Crippen LogP contribution is -2.52. The molecule has 0 bridgehead atoms. The van der Waals surface area contributed by atoms with Gasteiger partial charge < -0.3 is 14.5 Å². The van der Waals surface area contributed by atoms with Gasteiger partial charge in [0.25, 0.3) is 10.0 Å². The van der Waals surface area contributed by atoms with Crippen molar-refractivity contribution in [3.05, 3.63) is 115 Å². The Balaban J connectivity index is 1.35. The topological polar surface area (TPSA) is 70.2 Å². The van der Waals surface area contributed by atoms with E-state index in [0.29, 0.717) is 43.4 Å². The fraction of sp³-hybridized carbons (Fsp3) is 0.194. The van der Waals surface area contributed by atoms with Crippen molar-refractivity contribution in [3.63, 3.8) is 0 Å². The SMILES string of the molecule is Cc1ccc(S(=O)(=O)N(CC(=O)N2CCN(c3ccc(F)cc3)CC2)c2ccc(Oc3ccccc3)cc2)cc1. The summed E-state index contributed by atoms with van der Waals surface area (Å²) >= 11 is 0. The van der Waals surface area contributed by atoms with Crippen LogP contribution in [0.1, 0.15) is 5.56 Å². The molecule has 1 heterocycles. The highest BCUT2D eigenvalue weighted by molar-refractivity contribution is 7.92. The van der Waals surface area contributed by atoms with Gasteiger partial charge in [0.2, 0.25) is 5.91 Å². The molecule has 1 saturated heterocycles. The van der Waals surface area contributed by atoms with Crippen LogP contribution >= 0.6 is 0 Å². The van der Waals surface area contributed by atoms with Crippen LogP contribution in [0, 0.1) is 12.7 Å².